The summed E-state index contributed by atoms with van der Waals surface area (Å²) in [5.41, 5.74) is 0.982. The van der Waals surface area contributed by atoms with Crippen LogP contribution in [0, 0.1) is 0 Å². The summed E-state index contributed by atoms with van der Waals surface area (Å²) in [6.45, 7) is 2.12. The number of hydrogen-bond acceptors (Lipinski definition) is 3. The Bertz CT molecular complexity index is 454. The molecule has 1 aromatic heterocycles. The van der Waals surface area contributed by atoms with Crippen LogP contribution in [-0.2, 0) is 6.42 Å². The molecular weight excluding hydrogens is 192 g/mol. The molecule has 2 rings (SSSR count). The van der Waals surface area contributed by atoms with Crippen LogP contribution in [0.5, 0.6) is 0 Å². The number of benzene rings is 1. The van der Waals surface area contributed by atoms with Crippen LogP contribution in [0.15, 0.2) is 29.3 Å². The van der Waals surface area contributed by atoms with Gasteiger partial charge in [-0.15, -0.1) is 12.6 Å². The Hall–Kier alpha value is -1.09. The Morgan fingerprint density at radius 2 is 2.00 bits per heavy atom. The van der Waals surface area contributed by atoms with Gasteiger partial charge in [-0.1, -0.05) is 25.1 Å². The van der Waals surface area contributed by atoms with Crippen molar-refractivity contribution in [3.8, 4) is 0 Å². The van der Waals surface area contributed by atoms with Crippen LogP contribution < -0.4 is 0 Å². The Kier molecular flexibility index (Phi) is 2.68. The van der Waals surface area contributed by atoms with Crippen LogP contribution in [0.25, 0.3) is 10.9 Å². The SMILES string of the molecule is CCCc1nc(S)c2ccccc2n1. The molecule has 1 heterocycles. The van der Waals surface area contributed by atoms with E-state index >= 15 is 0 Å². The maximum absolute atomic E-state index is 4.47. The third-order valence-corrected chi connectivity index (χ3v) is 2.44. The maximum atomic E-state index is 4.47. The molecule has 3 heteroatoms. The lowest BCUT2D eigenvalue weighted by Crippen LogP contribution is -1.96. The van der Waals surface area contributed by atoms with E-state index in [9.17, 15) is 0 Å². The van der Waals surface area contributed by atoms with E-state index in [0.717, 1.165) is 34.6 Å². The topological polar surface area (TPSA) is 25.8 Å². The van der Waals surface area contributed by atoms with Crippen LogP contribution in [-0.4, -0.2) is 9.97 Å². The smallest absolute Gasteiger partial charge is 0.130 e. The Morgan fingerprint density at radius 1 is 1.21 bits per heavy atom. The molecule has 1 aromatic carbocycles. The molecule has 0 aliphatic carbocycles. The van der Waals surface area contributed by atoms with Gasteiger partial charge in [-0.3, -0.25) is 0 Å². The van der Waals surface area contributed by atoms with Gasteiger partial charge in [-0.05, 0) is 12.5 Å². The molecule has 0 spiro atoms. The molecule has 0 aliphatic heterocycles. The number of nitrogens with zero attached hydrogens (tertiary/aromatic N) is 2. The van der Waals surface area contributed by atoms with Crippen LogP contribution in [0.4, 0.5) is 0 Å². The molecule has 0 saturated carbocycles. The minimum Gasteiger partial charge on any atom is -0.233 e. The molecule has 2 nitrogen and oxygen atoms in total. The highest BCUT2D eigenvalue weighted by Gasteiger charge is 2.02. The molecule has 2 aromatic rings. The summed E-state index contributed by atoms with van der Waals surface area (Å²) in [5.74, 6) is 0.885. The van der Waals surface area contributed by atoms with E-state index in [4.69, 9.17) is 0 Å². The van der Waals surface area contributed by atoms with Crippen molar-refractivity contribution < 1.29 is 0 Å². The molecule has 0 radical (unpaired) electrons. The lowest BCUT2D eigenvalue weighted by molar-refractivity contribution is 0.825. The first kappa shape index (κ1) is 9.46. The first-order chi connectivity index (χ1) is 6.81. The molecule has 0 unspecified atom stereocenters. The van der Waals surface area contributed by atoms with Crippen LogP contribution in [0.3, 0.4) is 0 Å². The quantitative estimate of drug-likeness (QED) is 0.601. The highest BCUT2D eigenvalue weighted by Crippen LogP contribution is 2.18. The monoisotopic (exact) mass is 204 g/mol. The Morgan fingerprint density at radius 3 is 2.79 bits per heavy atom. The van der Waals surface area contributed by atoms with Gasteiger partial charge in [0.2, 0.25) is 0 Å². The summed E-state index contributed by atoms with van der Waals surface area (Å²) in [7, 11) is 0. The van der Waals surface area contributed by atoms with Gasteiger partial charge in [0.1, 0.15) is 10.9 Å². The van der Waals surface area contributed by atoms with Gasteiger partial charge < -0.3 is 0 Å². The van der Waals surface area contributed by atoms with Crippen LogP contribution in [0.2, 0.25) is 0 Å². The van der Waals surface area contributed by atoms with Crippen molar-refractivity contribution in [3.63, 3.8) is 0 Å². The lowest BCUT2D eigenvalue weighted by atomic mass is 10.2. The minimum atomic E-state index is 0.777. The Labute approximate surface area is 88.8 Å². The molecule has 0 aliphatic rings. The molecule has 0 N–H and O–H groups in total. The maximum Gasteiger partial charge on any atom is 0.130 e. The number of thiol groups is 1. The first-order valence-electron chi connectivity index (χ1n) is 4.76. The largest absolute Gasteiger partial charge is 0.233 e. The summed E-state index contributed by atoms with van der Waals surface area (Å²) in [4.78, 5) is 8.81. The van der Waals surface area contributed by atoms with Crippen molar-refractivity contribution >= 4 is 23.5 Å². The second kappa shape index (κ2) is 3.96. The fourth-order valence-corrected chi connectivity index (χ4v) is 1.75. The molecule has 72 valence electrons. The van der Waals surface area contributed by atoms with Gasteiger partial charge in [0.05, 0.1) is 5.52 Å². The van der Waals surface area contributed by atoms with Gasteiger partial charge in [0, 0.05) is 11.8 Å². The van der Waals surface area contributed by atoms with Gasteiger partial charge >= 0.3 is 0 Å². The van der Waals surface area contributed by atoms with E-state index in [2.05, 4.69) is 29.5 Å². The molecule has 0 fully saturated rings. The number of rotatable bonds is 2. The van der Waals surface area contributed by atoms with Crippen molar-refractivity contribution in [2.24, 2.45) is 0 Å². The predicted octanol–water partition coefficient (Wildman–Crippen LogP) is 2.87. The zero-order valence-electron chi connectivity index (χ0n) is 8.07. The van der Waals surface area contributed by atoms with Crippen molar-refractivity contribution in [3.05, 3.63) is 30.1 Å². The number of hydrogen-bond donors (Lipinski definition) is 1. The summed E-state index contributed by atoms with van der Waals surface area (Å²) in [6, 6.07) is 7.95. The molecule has 0 amide bonds. The second-order valence-electron chi connectivity index (χ2n) is 3.23. The normalized spacial score (nSPS) is 10.7. The number of aromatic nitrogens is 2. The predicted molar refractivity (Wildman–Crippen MR) is 60.8 cm³/mol. The minimum absolute atomic E-state index is 0.777. The van der Waals surface area contributed by atoms with Gasteiger partial charge in [0.25, 0.3) is 0 Å². The fourth-order valence-electron chi connectivity index (χ4n) is 1.44. The van der Waals surface area contributed by atoms with E-state index in [-0.39, 0.29) is 0 Å². The summed E-state index contributed by atoms with van der Waals surface area (Å²) in [6.07, 6.45) is 1.98. The van der Waals surface area contributed by atoms with Crippen molar-refractivity contribution in [2.75, 3.05) is 0 Å². The Balaban J connectivity index is 2.60. The van der Waals surface area contributed by atoms with Crippen molar-refractivity contribution in [2.45, 2.75) is 24.8 Å². The molecular formula is C11H12N2S. The summed E-state index contributed by atoms with van der Waals surface area (Å²) >= 11 is 4.36. The van der Waals surface area contributed by atoms with Crippen LogP contribution in [0.1, 0.15) is 19.2 Å². The van der Waals surface area contributed by atoms with Crippen molar-refractivity contribution in [1.29, 1.82) is 0 Å². The van der Waals surface area contributed by atoms with Gasteiger partial charge in [-0.2, -0.15) is 0 Å². The van der Waals surface area contributed by atoms with E-state index in [0.29, 0.717) is 0 Å². The molecule has 0 atom stereocenters. The molecule has 0 bridgehead atoms. The highest BCUT2D eigenvalue weighted by molar-refractivity contribution is 7.80. The van der Waals surface area contributed by atoms with E-state index < -0.39 is 0 Å². The lowest BCUT2D eigenvalue weighted by Gasteiger charge is -2.03. The van der Waals surface area contributed by atoms with Gasteiger partial charge in [0.15, 0.2) is 0 Å². The van der Waals surface area contributed by atoms with E-state index in [1.165, 1.54) is 0 Å². The number of para-hydroxylation sites is 1. The second-order valence-corrected chi connectivity index (χ2v) is 3.65. The first-order valence-corrected chi connectivity index (χ1v) is 5.20. The average molecular weight is 204 g/mol. The molecule has 0 saturated heterocycles. The van der Waals surface area contributed by atoms with Gasteiger partial charge in [-0.25, -0.2) is 9.97 Å². The van der Waals surface area contributed by atoms with E-state index in [1.54, 1.807) is 0 Å². The average Bonchev–Trinajstić information content (AvgIpc) is 2.18. The zero-order chi connectivity index (χ0) is 9.97. The van der Waals surface area contributed by atoms with E-state index in [1.807, 2.05) is 24.3 Å². The summed E-state index contributed by atoms with van der Waals surface area (Å²) in [5, 5.41) is 1.80. The fraction of sp³-hybridized carbons (Fsp3) is 0.273. The summed E-state index contributed by atoms with van der Waals surface area (Å²) < 4.78 is 0. The van der Waals surface area contributed by atoms with Crippen molar-refractivity contribution in [1.82, 2.24) is 9.97 Å². The highest BCUT2D eigenvalue weighted by atomic mass is 32.1. The third kappa shape index (κ3) is 1.73. The molecule has 14 heavy (non-hydrogen) atoms. The zero-order valence-corrected chi connectivity index (χ0v) is 8.96. The number of aryl methyl sites for hydroxylation is 1. The third-order valence-electron chi connectivity index (χ3n) is 2.10. The number of fused-ring (bicyclic) bond motifs is 1. The standard InChI is InChI=1S/C11H12N2S/c1-2-5-10-12-9-7-4-3-6-8(9)11(14)13-10/h3-4,6-7H,2,5H2,1H3,(H,12,13,14). The van der Waals surface area contributed by atoms with Crippen LogP contribution >= 0.6 is 12.6 Å².